The van der Waals surface area contributed by atoms with Gasteiger partial charge in [-0.05, 0) is 57.0 Å². The Morgan fingerprint density at radius 2 is 1.75 bits per heavy atom. The molecule has 146 valence electrons. The summed E-state index contributed by atoms with van der Waals surface area (Å²) in [6.45, 7) is 7.05. The predicted molar refractivity (Wildman–Crippen MR) is 112 cm³/mol. The molecule has 1 unspecified atom stereocenters. The quantitative estimate of drug-likeness (QED) is 0.672. The van der Waals surface area contributed by atoms with Gasteiger partial charge in [-0.25, -0.2) is 0 Å². The smallest absolute Gasteiger partial charge is 0.316 e. The zero-order chi connectivity index (χ0) is 20.6. The number of nitrogens with one attached hydrogen (secondary N) is 1. The Morgan fingerprint density at radius 1 is 1.07 bits per heavy atom. The Kier molecular flexibility index (Phi) is 5.55. The number of rotatable bonds is 3. The van der Waals surface area contributed by atoms with Gasteiger partial charge in [0.05, 0.1) is 17.0 Å². The molecule has 6 heteroatoms. The van der Waals surface area contributed by atoms with Crippen LogP contribution in [0.5, 0.6) is 0 Å². The second-order valence-corrected chi connectivity index (χ2v) is 8.62. The van der Waals surface area contributed by atoms with Gasteiger partial charge in [0, 0.05) is 15.6 Å². The first-order chi connectivity index (χ1) is 13.1. The van der Waals surface area contributed by atoms with E-state index < -0.39 is 17.4 Å². The fourth-order valence-corrected chi connectivity index (χ4v) is 3.34. The van der Waals surface area contributed by atoms with Crippen LogP contribution in [-0.4, -0.2) is 17.9 Å². The average Bonchev–Trinajstić information content (AvgIpc) is 2.87. The molecule has 0 fully saturated rings. The van der Waals surface area contributed by atoms with Crippen LogP contribution >= 0.6 is 23.2 Å². The van der Waals surface area contributed by atoms with E-state index in [-0.39, 0.29) is 11.5 Å². The van der Waals surface area contributed by atoms with Gasteiger partial charge in [0.1, 0.15) is 5.76 Å². The van der Waals surface area contributed by atoms with Crippen molar-refractivity contribution in [2.45, 2.75) is 33.7 Å². The average molecular weight is 418 g/mol. The molecule has 1 N–H and O–H groups in total. The molecule has 2 aromatic carbocycles. The number of halogens is 2. The van der Waals surface area contributed by atoms with E-state index in [1.54, 1.807) is 45.9 Å². The van der Waals surface area contributed by atoms with Crippen LogP contribution in [-0.2, 0) is 14.3 Å². The summed E-state index contributed by atoms with van der Waals surface area (Å²) in [5, 5.41) is 3.80. The number of amides is 1. The second-order valence-electron chi connectivity index (χ2n) is 7.78. The molecule has 0 spiro atoms. The van der Waals surface area contributed by atoms with E-state index in [1.807, 2.05) is 24.3 Å². The van der Waals surface area contributed by atoms with Gasteiger partial charge in [0.25, 0.3) is 5.91 Å². The third kappa shape index (κ3) is 4.08. The molecule has 2 aromatic rings. The van der Waals surface area contributed by atoms with Gasteiger partial charge in [0.2, 0.25) is 0 Å². The lowest BCUT2D eigenvalue weighted by Gasteiger charge is -2.19. The molecule has 0 bridgehead atoms. The number of ether oxygens (including phenoxy) is 1. The van der Waals surface area contributed by atoms with E-state index in [4.69, 9.17) is 27.9 Å². The normalized spacial score (nSPS) is 16.9. The maximum atomic E-state index is 12.5. The Hall–Kier alpha value is -2.30. The molecule has 0 radical (unpaired) electrons. The molecule has 0 aromatic heterocycles. The van der Waals surface area contributed by atoms with Crippen LogP contribution in [0, 0.1) is 5.41 Å². The number of hydrogen-bond acceptors (Lipinski definition) is 3. The lowest BCUT2D eigenvalue weighted by atomic mass is 9.97. The molecular formula is C22H21Cl2NO3. The topological polar surface area (TPSA) is 55.4 Å². The van der Waals surface area contributed by atoms with E-state index in [1.165, 1.54) is 0 Å². The van der Waals surface area contributed by atoms with E-state index in [9.17, 15) is 9.59 Å². The molecule has 1 amide bonds. The predicted octanol–water partition coefficient (Wildman–Crippen LogP) is 5.48. The van der Waals surface area contributed by atoms with Crippen molar-refractivity contribution in [2.24, 2.45) is 5.41 Å². The highest BCUT2D eigenvalue weighted by Gasteiger charge is 2.36. The van der Waals surface area contributed by atoms with Crippen molar-refractivity contribution in [3.63, 3.8) is 0 Å². The van der Waals surface area contributed by atoms with Crippen LogP contribution in [0.15, 0.2) is 48.2 Å². The highest BCUT2D eigenvalue weighted by molar-refractivity contribution is 6.36. The standard InChI is InChI=1S/C22H21Cl2NO3/c1-12-19(28-21(27)22(2,3)4)18(20(26)25-12)16-9-8-14(11-17(16)24)13-6-5-7-15(23)10-13/h5-12H,1-4H3,(H,25,26). The zero-order valence-electron chi connectivity index (χ0n) is 16.1. The summed E-state index contributed by atoms with van der Waals surface area (Å²) in [6, 6.07) is 12.4. The maximum Gasteiger partial charge on any atom is 0.316 e. The van der Waals surface area contributed by atoms with Crippen molar-refractivity contribution in [3.05, 3.63) is 63.8 Å². The van der Waals surface area contributed by atoms with Crippen LogP contribution in [0.4, 0.5) is 0 Å². The van der Waals surface area contributed by atoms with Gasteiger partial charge in [-0.2, -0.15) is 0 Å². The van der Waals surface area contributed by atoms with E-state index in [0.717, 1.165) is 11.1 Å². The molecule has 0 aliphatic carbocycles. The van der Waals surface area contributed by atoms with Crippen LogP contribution in [0.1, 0.15) is 33.3 Å². The lowest BCUT2D eigenvalue weighted by molar-refractivity contribution is -0.148. The third-order valence-corrected chi connectivity index (χ3v) is 4.97. The van der Waals surface area contributed by atoms with E-state index in [2.05, 4.69) is 5.32 Å². The summed E-state index contributed by atoms with van der Waals surface area (Å²) in [5.41, 5.74) is 1.90. The molecule has 1 aliphatic heterocycles. The Bertz CT molecular complexity index is 990. The number of hydrogen-bond donors (Lipinski definition) is 1. The van der Waals surface area contributed by atoms with Crippen LogP contribution in [0.2, 0.25) is 10.0 Å². The summed E-state index contributed by atoms with van der Waals surface area (Å²) < 4.78 is 5.59. The fraction of sp³-hybridized carbons (Fsp3) is 0.273. The van der Waals surface area contributed by atoms with E-state index in [0.29, 0.717) is 21.4 Å². The summed E-state index contributed by atoms with van der Waals surface area (Å²) in [5.74, 6) is -0.432. The molecule has 3 rings (SSSR count). The summed E-state index contributed by atoms with van der Waals surface area (Å²) in [7, 11) is 0. The van der Waals surface area contributed by atoms with Gasteiger partial charge < -0.3 is 10.1 Å². The largest absolute Gasteiger partial charge is 0.428 e. The monoisotopic (exact) mass is 417 g/mol. The van der Waals surface area contributed by atoms with Gasteiger partial charge >= 0.3 is 5.97 Å². The summed E-state index contributed by atoms with van der Waals surface area (Å²) in [4.78, 5) is 24.9. The Morgan fingerprint density at radius 3 is 2.36 bits per heavy atom. The van der Waals surface area contributed by atoms with Gasteiger partial charge in [-0.15, -0.1) is 0 Å². The molecule has 0 saturated heterocycles. The van der Waals surface area contributed by atoms with Crippen molar-refractivity contribution in [1.29, 1.82) is 0 Å². The Labute approximate surface area is 174 Å². The molecule has 1 heterocycles. The number of carbonyl (C=O) groups excluding carboxylic acids is 2. The van der Waals surface area contributed by atoms with Crippen LogP contribution in [0.3, 0.4) is 0 Å². The highest BCUT2D eigenvalue weighted by Crippen LogP contribution is 2.36. The minimum Gasteiger partial charge on any atom is -0.428 e. The van der Waals surface area contributed by atoms with E-state index >= 15 is 0 Å². The van der Waals surface area contributed by atoms with Gasteiger partial charge in [-0.3, -0.25) is 9.59 Å². The Balaban J connectivity index is 2.04. The number of carbonyl (C=O) groups is 2. The van der Waals surface area contributed by atoms with Gasteiger partial charge in [0.15, 0.2) is 0 Å². The first-order valence-electron chi connectivity index (χ1n) is 8.91. The summed E-state index contributed by atoms with van der Waals surface area (Å²) in [6.07, 6.45) is 0. The van der Waals surface area contributed by atoms with Crippen molar-refractivity contribution < 1.29 is 14.3 Å². The van der Waals surface area contributed by atoms with Crippen molar-refractivity contribution >= 4 is 40.7 Å². The minimum atomic E-state index is -0.691. The van der Waals surface area contributed by atoms with Crippen molar-refractivity contribution in [1.82, 2.24) is 5.32 Å². The van der Waals surface area contributed by atoms with Gasteiger partial charge in [-0.1, -0.05) is 47.5 Å². The molecular weight excluding hydrogens is 397 g/mol. The highest BCUT2D eigenvalue weighted by atomic mass is 35.5. The third-order valence-electron chi connectivity index (χ3n) is 4.43. The molecule has 28 heavy (non-hydrogen) atoms. The first-order valence-corrected chi connectivity index (χ1v) is 9.66. The maximum absolute atomic E-state index is 12.5. The fourth-order valence-electron chi connectivity index (χ4n) is 2.88. The van der Waals surface area contributed by atoms with Crippen LogP contribution in [0.25, 0.3) is 16.7 Å². The van der Waals surface area contributed by atoms with Crippen molar-refractivity contribution in [2.75, 3.05) is 0 Å². The SMILES string of the molecule is CC1NC(=O)C(c2ccc(-c3cccc(Cl)c3)cc2Cl)=C1OC(=O)C(C)(C)C. The number of esters is 1. The number of benzene rings is 2. The van der Waals surface area contributed by atoms with Crippen molar-refractivity contribution in [3.8, 4) is 11.1 Å². The van der Waals surface area contributed by atoms with Crippen LogP contribution < -0.4 is 5.32 Å². The zero-order valence-corrected chi connectivity index (χ0v) is 17.6. The summed E-state index contributed by atoms with van der Waals surface area (Å²) >= 11 is 12.6. The molecule has 4 nitrogen and oxygen atoms in total. The molecule has 0 saturated carbocycles. The first kappa shape index (κ1) is 20.4. The molecule has 1 aliphatic rings. The molecule has 1 atom stereocenters. The lowest BCUT2D eigenvalue weighted by Crippen LogP contribution is -2.29. The minimum absolute atomic E-state index is 0.285. The second kappa shape index (κ2) is 7.61.